The van der Waals surface area contributed by atoms with Gasteiger partial charge in [0, 0.05) is 12.2 Å². The number of carbonyl (C=O) groups is 1. The van der Waals surface area contributed by atoms with E-state index in [1.54, 1.807) is 11.5 Å². The van der Waals surface area contributed by atoms with Crippen LogP contribution in [0.5, 0.6) is 0 Å². The molecule has 0 spiro atoms. The Morgan fingerprint density at radius 1 is 1.41 bits per heavy atom. The van der Waals surface area contributed by atoms with Crippen LogP contribution in [0.3, 0.4) is 0 Å². The highest BCUT2D eigenvalue weighted by Gasteiger charge is 2.18. The second kappa shape index (κ2) is 7.84. The topological polar surface area (TPSA) is 79.8 Å². The lowest BCUT2D eigenvalue weighted by Crippen LogP contribution is -2.24. The zero-order chi connectivity index (χ0) is 15.9. The van der Waals surface area contributed by atoms with Gasteiger partial charge >= 0.3 is 5.69 Å². The molecule has 1 aromatic carbocycles. The molecule has 0 fully saturated rings. The number of carbonyl (C=O) groups excluding carboxylic acids is 1. The Hall–Kier alpha value is -2.02. The van der Waals surface area contributed by atoms with Gasteiger partial charge in [-0.25, -0.2) is 9.89 Å². The molecule has 2 N–H and O–H groups in total. The number of nitrogens with zero attached hydrogens (tertiary/aromatic N) is 2. The molecule has 0 radical (unpaired) electrons. The van der Waals surface area contributed by atoms with E-state index in [1.807, 2.05) is 30.3 Å². The number of aromatic nitrogens is 3. The van der Waals surface area contributed by atoms with E-state index in [0.29, 0.717) is 11.7 Å². The number of para-hydroxylation sites is 1. The number of thioether (sulfide) groups is 1. The molecule has 2 aromatic rings. The quantitative estimate of drug-likeness (QED) is 0.768. The van der Waals surface area contributed by atoms with Crippen LogP contribution in [0.1, 0.15) is 26.7 Å². The number of hydrogen-bond donors (Lipinski definition) is 2. The van der Waals surface area contributed by atoms with Crippen LogP contribution >= 0.6 is 11.8 Å². The summed E-state index contributed by atoms with van der Waals surface area (Å²) >= 11 is 1.28. The summed E-state index contributed by atoms with van der Waals surface area (Å²) in [5, 5.41) is 9.50. The molecule has 0 unspecified atom stereocenters. The van der Waals surface area contributed by atoms with E-state index in [2.05, 4.69) is 22.4 Å². The van der Waals surface area contributed by atoms with Crippen molar-refractivity contribution in [2.45, 2.75) is 43.6 Å². The Bertz CT molecular complexity index is 666. The fourth-order valence-corrected chi connectivity index (χ4v) is 2.77. The number of nitrogens with one attached hydrogen (secondary N) is 2. The third-order valence-electron chi connectivity index (χ3n) is 3.15. The molecular formula is C15H20N4O2S. The van der Waals surface area contributed by atoms with Crippen LogP contribution in [0, 0.1) is 0 Å². The van der Waals surface area contributed by atoms with Gasteiger partial charge in [0.15, 0.2) is 5.16 Å². The predicted molar refractivity (Wildman–Crippen MR) is 88.1 cm³/mol. The van der Waals surface area contributed by atoms with Crippen molar-refractivity contribution in [1.82, 2.24) is 14.8 Å². The van der Waals surface area contributed by atoms with E-state index in [0.717, 1.165) is 18.5 Å². The zero-order valence-corrected chi connectivity index (χ0v) is 13.5. The first-order valence-electron chi connectivity index (χ1n) is 7.29. The van der Waals surface area contributed by atoms with Gasteiger partial charge in [0.1, 0.15) is 0 Å². The van der Waals surface area contributed by atoms with Crippen LogP contribution in [0.25, 0.3) is 0 Å². The maximum atomic E-state index is 12.2. The predicted octanol–water partition coefficient (Wildman–Crippen LogP) is 2.49. The van der Waals surface area contributed by atoms with Crippen LogP contribution in [-0.2, 0) is 11.3 Å². The van der Waals surface area contributed by atoms with Crippen molar-refractivity contribution in [2.75, 3.05) is 5.32 Å². The molecule has 0 aliphatic heterocycles. The van der Waals surface area contributed by atoms with Crippen LogP contribution in [0.2, 0.25) is 0 Å². The summed E-state index contributed by atoms with van der Waals surface area (Å²) in [6.07, 6.45) is 1.89. The Balaban J connectivity index is 2.01. The second-order valence-corrected chi connectivity index (χ2v) is 6.24. The maximum absolute atomic E-state index is 12.2. The van der Waals surface area contributed by atoms with Gasteiger partial charge in [-0.3, -0.25) is 9.36 Å². The second-order valence-electron chi connectivity index (χ2n) is 4.93. The number of hydrogen-bond acceptors (Lipinski definition) is 4. The fourth-order valence-electron chi connectivity index (χ4n) is 1.88. The summed E-state index contributed by atoms with van der Waals surface area (Å²) in [5.74, 6) is -0.117. The van der Waals surface area contributed by atoms with Gasteiger partial charge in [0.25, 0.3) is 0 Å². The molecule has 7 heteroatoms. The van der Waals surface area contributed by atoms with Crippen molar-refractivity contribution in [3.8, 4) is 0 Å². The SMILES string of the molecule is CCCCn1c(S[C@H](C)C(=O)Nc2ccccc2)n[nH]c1=O. The van der Waals surface area contributed by atoms with Crippen LogP contribution in [-0.4, -0.2) is 25.9 Å². The minimum atomic E-state index is -0.351. The normalized spacial score (nSPS) is 12.1. The van der Waals surface area contributed by atoms with Crippen LogP contribution in [0.4, 0.5) is 5.69 Å². The van der Waals surface area contributed by atoms with Gasteiger partial charge in [-0.2, -0.15) is 0 Å². The lowest BCUT2D eigenvalue weighted by atomic mass is 10.3. The smallest absolute Gasteiger partial charge is 0.325 e. The van der Waals surface area contributed by atoms with E-state index >= 15 is 0 Å². The highest BCUT2D eigenvalue weighted by atomic mass is 32.2. The molecule has 118 valence electrons. The highest BCUT2D eigenvalue weighted by Crippen LogP contribution is 2.21. The zero-order valence-electron chi connectivity index (χ0n) is 12.7. The van der Waals surface area contributed by atoms with E-state index < -0.39 is 0 Å². The largest absolute Gasteiger partial charge is 0.343 e. The molecule has 0 bridgehead atoms. The molecule has 22 heavy (non-hydrogen) atoms. The average molecular weight is 320 g/mol. The molecule has 0 saturated carbocycles. The monoisotopic (exact) mass is 320 g/mol. The van der Waals surface area contributed by atoms with Crippen molar-refractivity contribution in [3.05, 3.63) is 40.8 Å². The van der Waals surface area contributed by atoms with E-state index in [9.17, 15) is 9.59 Å². The minimum Gasteiger partial charge on any atom is -0.325 e. The van der Waals surface area contributed by atoms with Gasteiger partial charge in [-0.1, -0.05) is 43.3 Å². The minimum absolute atomic E-state index is 0.117. The Labute approximate surface area is 133 Å². The van der Waals surface area contributed by atoms with Gasteiger partial charge < -0.3 is 5.32 Å². The van der Waals surface area contributed by atoms with Crippen molar-refractivity contribution >= 4 is 23.4 Å². The van der Waals surface area contributed by atoms with Gasteiger partial charge in [0.05, 0.1) is 5.25 Å². The number of anilines is 1. The summed E-state index contributed by atoms with van der Waals surface area (Å²) in [4.78, 5) is 23.9. The number of H-pyrrole nitrogens is 1. The van der Waals surface area contributed by atoms with Crippen molar-refractivity contribution in [2.24, 2.45) is 0 Å². The standard InChI is InChI=1S/C15H20N4O2S/c1-3-4-10-19-14(21)17-18-15(19)22-11(2)13(20)16-12-8-6-5-7-9-12/h5-9,11H,3-4,10H2,1-2H3,(H,16,20)(H,17,21)/t11-/m1/s1. The number of amides is 1. The summed E-state index contributed by atoms with van der Waals surface area (Å²) in [7, 11) is 0. The first kappa shape index (κ1) is 16.4. The third kappa shape index (κ3) is 4.24. The van der Waals surface area contributed by atoms with Crippen molar-refractivity contribution in [1.29, 1.82) is 0 Å². The number of aromatic amines is 1. The van der Waals surface area contributed by atoms with Crippen LogP contribution in [0.15, 0.2) is 40.3 Å². The van der Waals surface area contributed by atoms with Gasteiger partial charge in [0.2, 0.25) is 5.91 Å². The fraction of sp³-hybridized carbons (Fsp3) is 0.400. The van der Waals surface area contributed by atoms with E-state index in [4.69, 9.17) is 0 Å². The Kier molecular flexibility index (Phi) is 5.83. The Morgan fingerprint density at radius 3 is 2.82 bits per heavy atom. The average Bonchev–Trinajstić information content (AvgIpc) is 2.86. The molecule has 6 nitrogen and oxygen atoms in total. The van der Waals surface area contributed by atoms with Crippen LogP contribution < -0.4 is 11.0 Å². The number of unbranched alkanes of at least 4 members (excludes halogenated alkanes) is 1. The molecule has 0 saturated heterocycles. The maximum Gasteiger partial charge on any atom is 0.343 e. The molecule has 0 aliphatic carbocycles. The highest BCUT2D eigenvalue weighted by molar-refractivity contribution is 8.00. The summed E-state index contributed by atoms with van der Waals surface area (Å²) in [6.45, 7) is 4.47. The van der Waals surface area contributed by atoms with Gasteiger partial charge in [-0.15, -0.1) is 5.10 Å². The summed E-state index contributed by atoms with van der Waals surface area (Å²) in [5.41, 5.74) is 0.525. The van der Waals surface area contributed by atoms with E-state index in [-0.39, 0.29) is 16.8 Å². The lowest BCUT2D eigenvalue weighted by molar-refractivity contribution is -0.115. The van der Waals surface area contributed by atoms with Crippen molar-refractivity contribution in [3.63, 3.8) is 0 Å². The summed E-state index contributed by atoms with van der Waals surface area (Å²) in [6, 6.07) is 9.29. The summed E-state index contributed by atoms with van der Waals surface area (Å²) < 4.78 is 1.58. The molecular weight excluding hydrogens is 300 g/mol. The first-order valence-corrected chi connectivity index (χ1v) is 8.17. The Morgan fingerprint density at radius 2 is 2.14 bits per heavy atom. The molecule has 2 rings (SSSR count). The van der Waals surface area contributed by atoms with E-state index in [1.165, 1.54) is 11.8 Å². The molecule has 1 aromatic heterocycles. The number of benzene rings is 1. The molecule has 1 atom stereocenters. The molecule has 0 aliphatic rings. The third-order valence-corrected chi connectivity index (χ3v) is 4.24. The lowest BCUT2D eigenvalue weighted by Gasteiger charge is -2.12. The van der Waals surface area contributed by atoms with Crippen molar-refractivity contribution < 1.29 is 4.79 Å². The molecule has 1 amide bonds. The van der Waals surface area contributed by atoms with Gasteiger partial charge in [-0.05, 0) is 25.5 Å². The number of rotatable bonds is 7. The molecule has 1 heterocycles. The first-order chi connectivity index (χ1) is 10.6.